The number of rotatable bonds is 4. The summed E-state index contributed by atoms with van der Waals surface area (Å²) in [6.45, 7) is 0. The van der Waals surface area contributed by atoms with Gasteiger partial charge in [-0.15, -0.1) is 0 Å². The van der Waals surface area contributed by atoms with Gasteiger partial charge in [0.15, 0.2) is 0 Å². The molecule has 3 nitrogen and oxygen atoms in total. The van der Waals surface area contributed by atoms with Crippen LogP contribution >= 0.6 is 22.6 Å². The molecule has 0 radical (unpaired) electrons. The van der Waals surface area contributed by atoms with Gasteiger partial charge in [-0.2, -0.15) is 26.3 Å². The van der Waals surface area contributed by atoms with Crippen LogP contribution in [0.1, 0.15) is 21.5 Å². The monoisotopic (exact) mass is 569 g/mol. The summed E-state index contributed by atoms with van der Waals surface area (Å²) in [5.74, 6) is -2.20. The molecule has 0 aromatic heterocycles. The Hall–Kier alpha value is -2.83. The highest BCUT2D eigenvalue weighted by atomic mass is 127. The first-order chi connectivity index (χ1) is 14.8. The molecule has 168 valence electrons. The number of hydrogen-bond acceptors (Lipinski definition) is 2. The highest BCUT2D eigenvalue weighted by Gasteiger charge is 2.37. The van der Waals surface area contributed by atoms with Crippen LogP contribution in [-0.2, 0) is 12.4 Å². The van der Waals surface area contributed by atoms with E-state index in [9.17, 15) is 35.5 Å². The van der Waals surface area contributed by atoms with Crippen molar-refractivity contribution >= 4 is 34.2 Å². The average Bonchev–Trinajstić information content (AvgIpc) is 2.69. The number of halogens is 8. The molecule has 32 heavy (non-hydrogen) atoms. The van der Waals surface area contributed by atoms with Crippen LogP contribution in [0, 0.1) is 9.39 Å². The second-order valence-electron chi connectivity index (χ2n) is 6.45. The summed E-state index contributed by atoms with van der Waals surface area (Å²) in [5, 5.41) is 2.44. The molecule has 0 saturated carbocycles. The molecule has 0 aliphatic carbocycles. The Morgan fingerprint density at radius 1 is 0.781 bits per heavy atom. The predicted octanol–water partition coefficient (Wildman–Crippen LogP) is 7.51. The minimum atomic E-state index is -5.00. The average molecular weight is 569 g/mol. The zero-order chi connectivity index (χ0) is 23.7. The molecule has 3 aromatic rings. The Kier molecular flexibility index (Phi) is 6.67. The van der Waals surface area contributed by atoms with E-state index in [-0.39, 0.29) is 23.1 Å². The summed E-state index contributed by atoms with van der Waals surface area (Å²) in [5.41, 5.74) is -3.00. The summed E-state index contributed by atoms with van der Waals surface area (Å²) in [6, 6.07) is 9.92. The number of nitrogens with one attached hydrogen (secondary N) is 1. The lowest BCUT2D eigenvalue weighted by atomic mass is 10.1. The van der Waals surface area contributed by atoms with Gasteiger partial charge in [0.1, 0.15) is 17.3 Å². The van der Waals surface area contributed by atoms with Gasteiger partial charge in [0.2, 0.25) is 0 Å². The molecule has 0 bridgehead atoms. The van der Waals surface area contributed by atoms with Gasteiger partial charge in [0, 0.05) is 9.26 Å². The molecule has 0 heterocycles. The molecule has 0 unspecified atom stereocenters. The Labute approximate surface area is 190 Å². The van der Waals surface area contributed by atoms with Crippen LogP contribution in [0.4, 0.5) is 36.4 Å². The van der Waals surface area contributed by atoms with E-state index in [0.29, 0.717) is 15.7 Å². The van der Waals surface area contributed by atoms with Gasteiger partial charge in [0.05, 0.1) is 16.7 Å². The van der Waals surface area contributed by atoms with Gasteiger partial charge in [0.25, 0.3) is 5.91 Å². The Morgan fingerprint density at radius 2 is 1.34 bits per heavy atom. The molecule has 0 atom stereocenters. The fraction of sp³-hybridized carbons (Fsp3) is 0.0952. The first-order valence-electron chi connectivity index (χ1n) is 8.67. The molecular formula is C21H11F7INO2. The number of hydrogen-bond donors (Lipinski definition) is 1. The van der Waals surface area contributed by atoms with Crippen LogP contribution in [0.3, 0.4) is 0 Å². The molecule has 3 aromatic carbocycles. The smallest absolute Gasteiger partial charge is 0.416 e. The van der Waals surface area contributed by atoms with Crippen LogP contribution in [0.5, 0.6) is 11.5 Å². The molecule has 11 heteroatoms. The fourth-order valence-corrected chi connectivity index (χ4v) is 3.09. The number of carbonyl (C=O) groups excluding carboxylic acids is 1. The second-order valence-corrected chi connectivity index (χ2v) is 7.69. The quantitative estimate of drug-likeness (QED) is 0.261. The van der Waals surface area contributed by atoms with Crippen molar-refractivity contribution in [1.29, 1.82) is 0 Å². The zero-order valence-corrected chi connectivity index (χ0v) is 17.8. The highest BCUT2D eigenvalue weighted by molar-refractivity contribution is 14.1. The van der Waals surface area contributed by atoms with Gasteiger partial charge in [-0.1, -0.05) is 0 Å². The largest absolute Gasteiger partial charge is 0.457 e. The third-order valence-electron chi connectivity index (χ3n) is 4.08. The van der Waals surface area contributed by atoms with Crippen molar-refractivity contribution in [2.45, 2.75) is 12.4 Å². The van der Waals surface area contributed by atoms with Gasteiger partial charge in [-0.05, 0) is 83.3 Å². The molecule has 3 rings (SSSR count). The number of carbonyl (C=O) groups is 1. The molecule has 1 N–H and O–H groups in total. The fourth-order valence-electron chi connectivity index (χ4n) is 2.60. The number of alkyl halides is 6. The van der Waals surface area contributed by atoms with Gasteiger partial charge >= 0.3 is 12.4 Å². The third-order valence-corrected chi connectivity index (χ3v) is 4.75. The molecule has 0 fully saturated rings. The number of anilines is 1. The number of amides is 1. The zero-order valence-electron chi connectivity index (χ0n) is 15.6. The van der Waals surface area contributed by atoms with E-state index >= 15 is 0 Å². The topological polar surface area (TPSA) is 38.3 Å². The van der Waals surface area contributed by atoms with Crippen LogP contribution in [0.2, 0.25) is 0 Å². The molecular weight excluding hydrogens is 558 g/mol. The normalized spacial score (nSPS) is 11.9. The van der Waals surface area contributed by atoms with Crippen LogP contribution in [0.15, 0.2) is 60.7 Å². The van der Waals surface area contributed by atoms with Crippen molar-refractivity contribution in [3.63, 3.8) is 0 Å². The Bertz CT molecular complexity index is 1110. The lowest BCUT2D eigenvalue weighted by molar-refractivity contribution is -0.143. The van der Waals surface area contributed by atoms with Crippen molar-refractivity contribution in [1.82, 2.24) is 0 Å². The maximum Gasteiger partial charge on any atom is 0.416 e. The van der Waals surface area contributed by atoms with E-state index in [1.165, 1.54) is 36.4 Å². The number of ether oxygens (including phenoxy) is 1. The van der Waals surface area contributed by atoms with Crippen molar-refractivity contribution in [2.75, 3.05) is 5.32 Å². The van der Waals surface area contributed by atoms with Crippen molar-refractivity contribution in [3.8, 4) is 11.5 Å². The van der Waals surface area contributed by atoms with E-state index in [4.69, 9.17) is 4.74 Å². The number of benzene rings is 3. The van der Waals surface area contributed by atoms with E-state index in [1.807, 2.05) is 22.6 Å². The van der Waals surface area contributed by atoms with Crippen molar-refractivity contribution in [3.05, 3.63) is 86.7 Å². The Morgan fingerprint density at radius 3 is 1.88 bits per heavy atom. The van der Waals surface area contributed by atoms with E-state index < -0.39 is 41.0 Å². The first-order valence-corrected chi connectivity index (χ1v) is 9.74. The maximum absolute atomic E-state index is 13.8. The lowest BCUT2D eigenvalue weighted by Gasteiger charge is -2.15. The van der Waals surface area contributed by atoms with Gasteiger partial charge in [-0.25, -0.2) is 4.39 Å². The molecule has 0 spiro atoms. The minimum absolute atomic E-state index is 0.00458. The summed E-state index contributed by atoms with van der Waals surface area (Å²) >= 11 is 1.91. The van der Waals surface area contributed by atoms with E-state index in [1.54, 1.807) is 0 Å². The maximum atomic E-state index is 13.8. The highest BCUT2D eigenvalue weighted by Crippen LogP contribution is 2.39. The third kappa shape index (κ3) is 5.90. The second kappa shape index (κ2) is 8.96. The van der Waals surface area contributed by atoms with Crippen molar-refractivity contribution in [2.24, 2.45) is 0 Å². The van der Waals surface area contributed by atoms with Gasteiger partial charge in [-0.3, -0.25) is 4.79 Å². The predicted molar refractivity (Wildman–Crippen MR) is 110 cm³/mol. The van der Waals surface area contributed by atoms with Gasteiger partial charge < -0.3 is 10.1 Å². The lowest BCUT2D eigenvalue weighted by Crippen LogP contribution is -2.14. The van der Waals surface area contributed by atoms with Crippen LogP contribution in [-0.4, -0.2) is 5.91 Å². The Balaban J connectivity index is 1.80. The summed E-state index contributed by atoms with van der Waals surface area (Å²) < 4.78 is 97.3. The SMILES string of the molecule is O=C(Nc1ccc(Oc2cc(C(F)(F)F)cc(C(F)(F)F)c2)cc1)c1cc(I)ccc1F. The summed E-state index contributed by atoms with van der Waals surface area (Å²) in [4.78, 5) is 12.2. The van der Waals surface area contributed by atoms with E-state index in [0.717, 1.165) is 6.07 Å². The minimum Gasteiger partial charge on any atom is -0.457 e. The standard InChI is InChI=1S/C21H11F7INO2/c22-18-6-1-13(29)10-17(18)19(31)30-14-2-4-15(5-3-14)32-16-8-11(20(23,24)25)7-12(9-16)21(26,27)28/h1-10H,(H,30,31). The van der Waals surface area contributed by atoms with E-state index in [2.05, 4.69) is 5.32 Å². The molecule has 1 amide bonds. The molecule has 0 aliphatic heterocycles. The summed E-state index contributed by atoms with van der Waals surface area (Å²) in [6.07, 6.45) is -10.0. The summed E-state index contributed by atoms with van der Waals surface area (Å²) in [7, 11) is 0. The van der Waals surface area contributed by atoms with Crippen molar-refractivity contribution < 1.29 is 40.3 Å². The van der Waals surface area contributed by atoms with Crippen LogP contribution in [0.25, 0.3) is 0 Å². The first kappa shape index (κ1) is 23.8. The van der Waals surface area contributed by atoms with Crippen LogP contribution < -0.4 is 10.1 Å². The molecule has 0 aliphatic rings. The molecule has 0 saturated heterocycles.